The minimum atomic E-state index is -4.39. The van der Waals surface area contributed by atoms with Crippen molar-refractivity contribution in [1.29, 1.82) is 0 Å². The fraction of sp³-hybridized carbons (Fsp3) is 0.150. The molecule has 0 saturated carbocycles. The zero-order chi connectivity index (χ0) is 18.9. The molecular weight excluding hydrogens is 341 g/mol. The standard InChI is InChI=1S/C20H17F3N2O/c1-13-17(19(24)26)11-18(25(13)12-14-5-3-2-4-6-14)15-7-9-16(10-8-15)20(21,22)23/h2-11H,12H2,1H3,(H2,24,26). The maximum atomic E-state index is 12.8. The summed E-state index contributed by atoms with van der Waals surface area (Å²) in [6, 6.07) is 16.1. The molecule has 0 aliphatic rings. The van der Waals surface area contributed by atoms with E-state index in [4.69, 9.17) is 5.73 Å². The SMILES string of the molecule is Cc1c(C(N)=O)cc(-c2ccc(C(F)(F)F)cc2)n1Cc1ccccc1. The van der Waals surface area contributed by atoms with Crippen LogP contribution in [0.4, 0.5) is 13.2 Å². The van der Waals surface area contributed by atoms with E-state index in [0.717, 1.165) is 17.7 Å². The van der Waals surface area contributed by atoms with Gasteiger partial charge < -0.3 is 10.3 Å². The summed E-state index contributed by atoms with van der Waals surface area (Å²) in [6.45, 7) is 2.26. The first-order valence-corrected chi connectivity index (χ1v) is 7.99. The van der Waals surface area contributed by atoms with Gasteiger partial charge in [0, 0.05) is 17.9 Å². The summed E-state index contributed by atoms with van der Waals surface area (Å²) in [5.41, 5.74) is 8.01. The van der Waals surface area contributed by atoms with E-state index in [1.165, 1.54) is 12.1 Å². The second kappa shape index (κ2) is 6.71. The van der Waals surface area contributed by atoms with E-state index in [1.807, 2.05) is 34.9 Å². The molecule has 1 aromatic heterocycles. The Kier molecular flexibility index (Phi) is 4.59. The van der Waals surface area contributed by atoms with Crippen molar-refractivity contribution in [2.24, 2.45) is 5.73 Å². The van der Waals surface area contributed by atoms with Gasteiger partial charge >= 0.3 is 6.18 Å². The third kappa shape index (κ3) is 3.49. The molecule has 0 spiro atoms. The third-order valence-electron chi connectivity index (χ3n) is 4.32. The third-order valence-corrected chi connectivity index (χ3v) is 4.32. The van der Waals surface area contributed by atoms with Gasteiger partial charge in [0.15, 0.2) is 0 Å². The summed E-state index contributed by atoms with van der Waals surface area (Å²) in [4.78, 5) is 11.7. The first kappa shape index (κ1) is 17.8. The van der Waals surface area contributed by atoms with Crippen molar-refractivity contribution in [3.05, 3.63) is 83.0 Å². The lowest BCUT2D eigenvalue weighted by molar-refractivity contribution is -0.137. The Morgan fingerprint density at radius 2 is 1.65 bits per heavy atom. The molecule has 1 amide bonds. The zero-order valence-electron chi connectivity index (χ0n) is 14.0. The average molecular weight is 358 g/mol. The Morgan fingerprint density at radius 1 is 1.04 bits per heavy atom. The van der Waals surface area contributed by atoms with E-state index in [2.05, 4.69) is 0 Å². The van der Waals surface area contributed by atoms with E-state index < -0.39 is 17.6 Å². The number of alkyl halides is 3. The predicted octanol–water partition coefficient (Wildman–Crippen LogP) is 4.63. The van der Waals surface area contributed by atoms with Crippen molar-refractivity contribution in [1.82, 2.24) is 4.57 Å². The highest BCUT2D eigenvalue weighted by Gasteiger charge is 2.30. The Hall–Kier alpha value is -3.02. The number of carbonyl (C=O) groups excluding carboxylic acids is 1. The van der Waals surface area contributed by atoms with E-state index in [-0.39, 0.29) is 0 Å². The van der Waals surface area contributed by atoms with Gasteiger partial charge in [0.1, 0.15) is 0 Å². The lowest BCUT2D eigenvalue weighted by Gasteiger charge is -2.13. The molecule has 0 bridgehead atoms. The topological polar surface area (TPSA) is 48.0 Å². The highest BCUT2D eigenvalue weighted by molar-refractivity contribution is 5.95. The summed E-state index contributed by atoms with van der Waals surface area (Å²) in [5.74, 6) is -0.567. The summed E-state index contributed by atoms with van der Waals surface area (Å²) >= 11 is 0. The Bertz CT molecular complexity index is 926. The molecule has 26 heavy (non-hydrogen) atoms. The Morgan fingerprint density at radius 3 is 2.19 bits per heavy atom. The van der Waals surface area contributed by atoms with E-state index in [9.17, 15) is 18.0 Å². The first-order chi connectivity index (χ1) is 12.3. The minimum Gasteiger partial charge on any atom is -0.366 e. The van der Waals surface area contributed by atoms with Crippen LogP contribution >= 0.6 is 0 Å². The smallest absolute Gasteiger partial charge is 0.366 e. The van der Waals surface area contributed by atoms with E-state index >= 15 is 0 Å². The van der Waals surface area contributed by atoms with Crippen LogP contribution in [0.3, 0.4) is 0 Å². The number of primary amides is 1. The molecule has 3 aromatic rings. The minimum absolute atomic E-state index is 0.357. The molecule has 0 saturated heterocycles. The second-order valence-electron chi connectivity index (χ2n) is 6.04. The quantitative estimate of drug-likeness (QED) is 0.726. The van der Waals surface area contributed by atoms with Gasteiger partial charge in [0.25, 0.3) is 5.91 Å². The van der Waals surface area contributed by atoms with E-state index in [1.54, 1.807) is 13.0 Å². The van der Waals surface area contributed by atoms with Crippen LogP contribution in [0.15, 0.2) is 60.7 Å². The fourth-order valence-electron chi connectivity index (χ4n) is 2.93. The van der Waals surface area contributed by atoms with Crippen LogP contribution in [0.1, 0.15) is 27.2 Å². The number of hydrogen-bond donors (Lipinski definition) is 1. The zero-order valence-corrected chi connectivity index (χ0v) is 14.0. The molecular formula is C20H17F3N2O. The van der Waals surface area contributed by atoms with Crippen molar-refractivity contribution < 1.29 is 18.0 Å². The van der Waals surface area contributed by atoms with Gasteiger partial charge in [-0.15, -0.1) is 0 Å². The molecule has 0 aliphatic heterocycles. The second-order valence-corrected chi connectivity index (χ2v) is 6.04. The van der Waals surface area contributed by atoms with E-state index in [0.29, 0.717) is 29.1 Å². The fourth-order valence-corrected chi connectivity index (χ4v) is 2.93. The lowest BCUT2D eigenvalue weighted by atomic mass is 10.1. The molecule has 0 fully saturated rings. The molecule has 1 heterocycles. The van der Waals surface area contributed by atoms with Gasteiger partial charge in [-0.1, -0.05) is 42.5 Å². The van der Waals surface area contributed by atoms with Crippen LogP contribution in [0.2, 0.25) is 0 Å². The molecule has 3 nitrogen and oxygen atoms in total. The number of halogens is 3. The predicted molar refractivity (Wildman–Crippen MR) is 93.7 cm³/mol. The van der Waals surface area contributed by atoms with Gasteiger partial charge in [-0.05, 0) is 36.2 Å². The van der Waals surface area contributed by atoms with Crippen LogP contribution in [0.25, 0.3) is 11.3 Å². The van der Waals surface area contributed by atoms with Gasteiger partial charge in [-0.25, -0.2) is 0 Å². The van der Waals surface area contributed by atoms with Crippen LogP contribution in [0, 0.1) is 6.92 Å². The molecule has 134 valence electrons. The van der Waals surface area contributed by atoms with Crippen molar-refractivity contribution >= 4 is 5.91 Å². The van der Waals surface area contributed by atoms with Crippen molar-refractivity contribution in [2.75, 3.05) is 0 Å². The molecule has 0 radical (unpaired) electrons. The number of nitrogens with zero attached hydrogens (tertiary/aromatic N) is 1. The number of carbonyl (C=O) groups is 1. The Balaban J connectivity index is 2.08. The van der Waals surface area contributed by atoms with Gasteiger partial charge in [0.05, 0.1) is 11.1 Å². The normalized spacial score (nSPS) is 11.5. The monoisotopic (exact) mass is 358 g/mol. The van der Waals surface area contributed by atoms with Crippen molar-refractivity contribution in [3.8, 4) is 11.3 Å². The molecule has 2 N–H and O–H groups in total. The summed E-state index contributed by atoms with van der Waals surface area (Å²) < 4.78 is 40.3. The number of aromatic nitrogens is 1. The largest absolute Gasteiger partial charge is 0.416 e. The molecule has 6 heteroatoms. The summed E-state index contributed by atoms with van der Waals surface area (Å²) in [7, 11) is 0. The summed E-state index contributed by atoms with van der Waals surface area (Å²) in [5, 5.41) is 0. The maximum absolute atomic E-state index is 12.8. The van der Waals surface area contributed by atoms with Crippen molar-refractivity contribution in [2.45, 2.75) is 19.6 Å². The van der Waals surface area contributed by atoms with Crippen LogP contribution in [0.5, 0.6) is 0 Å². The number of hydrogen-bond acceptors (Lipinski definition) is 1. The number of benzene rings is 2. The molecule has 2 aromatic carbocycles. The number of amides is 1. The number of nitrogens with two attached hydrogens (primary N) is 1. The first-order valence-electron chi connectivity index (χ1n) is 7.99. The van der Waals surface area contributed by atoms with Gasteiger partial charge in [-0.3, -0.25) is 4.79 Å². The maximum Gasteiger partial charge on any atom is 0.416 e. The Labute approximate surface area is 148 Å². The van der Waals surface area contributed by atoms with Crippen LogP contribution in [-0.2, 0) is 12.7 Å². The molecule has 3 rings (SSSR count). The van der Waals surface area contributed by atoms with Crippen LogP contribution in [-0.4, -0.2) is 10.5 Å². The van der Waals surface area contributed by atoms with Gasteiger partial charge in [-0.2, -0.15) is 13.2 Å². The van der Waals surface area contributed by atoms with Crippen molar-refractivity contribution in [3.63, 3.8) is 0 Å². The lowest BCUT2D eigenvalue weighted by Crippen LogP contribution is -2.12. The summed E-state index contributed by atoms with van der Waals surface area (Å²) in [6.07, 6.45) is -4.39. The highest BCUT2D eigenvalue weighted by Crippen LogP contribution is 2.32. The molecule has 0 atom stereocenters. The number of rotatable bonds is 4. The molecule has 0 unspecified atom stereocenters. The highest BCUT2D eigenvalue weighted by atomic mass is 19.4. The van der Waals surface area contributed by atoms with Gasteiger partial charge in [0.2, 0.25) is 0 Å². The molecule has 0 aliphatic carbocycles. The average Bonchev–Trinajstić information content (AvgIpc) is 2.92. The van der Waals surface area contributed by atoms with Crippen LogP contribution < -0.4 is 5.73 Å².